The molecule has 0 radical (unpaired) electrons. The molecular formula is C33H38N2O3. The minimum absolute atomic E-state index is 0.107. The van der Waals surface area contributed by atoms with Crippen molar-refractivity contribution in [3.05, 3.63) is 91.0 Å². The summed E-state index contributed by atoms with van der Waals surface area (Å²) in [5.74, 6) is -0.107. The molecule has 0 fully saturated rings. The lowest BCUT2D eigenvalue weighted by Gasteiger charge is -2.13. The van der Waals surface area contributed by atoms with E-state index < -0.39 is 0 Å². The molecule has 0 aliphatic heterocycles. The van der Waals surface area contributed by atoms with Crippen molar-refractivity contribution in [2.24, 2.45) is 0 Å². The van der Waals surface area contributed by atoms with Gasteiger partial charge in [-0.2, -0.15) is 4.98 Å². The standard InChI is InChI=1S/C33H38N2O3/c1-37-30(36)25-17-6-4-2-3-5-7-18-26-38-33-34-31(27-19-11-8-12-20-27)32(28-21-13-9-14-22-28)35(33)29-23-15-10-16-24-29/h8-16,19-24H,2-7,17-18,25-26H2,1H3. The van der Waals surface area contributed by atoms with Gasteiger partial charge < -0.3 is 9.47 Å². The van der Waals surface area contributed by atoms with Gasteiger partial charge >= 0.3 is 12.0 Å². The summed E-state index contributed by atoms with van der Waals surface area (Å²) in [5.41, 5.74) is 5.15. The first-order chi connectivity index (χ1) is 18.8. The molecule has 0 atom stereocenters. The number of para-hydroxylation sites is 1. The van der Waals surface area contributed by atoms with Crippen LogP contribution in [0.2, 0.25) is 0 Å². The molecule has 4 aromatic rings. The van der Waals surface area contributed by atoms with Crippen LogP contribution in [0.5, 0.6) is 6.01 Å². The number of rotatable bonds is 15. The maximum Gasteiger partial charge on any atom is 0.305 e. The van der Waals surface area contributed by atoms with Crippen LogP contribution in [0.25, 0.3) is 28.2 Å². The molecule has 4 rings (SSSR count). The highest BCUT2D eigenvalue weighted by Crippen LogP contribution is 2.37. The molecule has 0 amide bonds. The molecular weight excluding hydrogens is 472 g/mol. The Labute approximate surface area is 226 Å². The number of aromatic nitrogens is 2. The summed E-state index contributed by atoms with van der Waals surface area (Å²) in [5, 5.41) is 0. The van der Waals surface area contributed by atoms with Gasteiger partial charge in [0.2, 0.25) is 0 Å². The number of ether oxygens (including phenoxy) is 2. The van der Waals surface area contributed by atoms with Gasteiger partial charge in [0.1, 0.15) is 5.69 Å². The fourth-order valence-electron chi connectivity index (χ4n) is 4.67. The maximum absolute atomic E-state index is 11.2. The zero-order valence-electron chi connectivity index (χ0n) is 22.4. The Morgan fingerprint density at radius 1 is 0.684 bits per heavy atom. The highest BCUT2D eigenvalue weighted by atomic mass is 16.5. The molecule has 0 saturated carbocycles. The molecule has 0 unspecified atom stereocenters. The van der Waals surface area contributed by atoms with Gasteiger partial charge in [-0.25, -0.2) is 0 Å². The second kappa shape index (κ2) is 14.8. The Balaban J connectivity index is 1.41. The predicted molar refractivity (Wildman–Crippen MR) is 153 cm³/mol. The lowest BCUT2D eigenvalue weighted by Crippen LogP contribution is -2.05. The van der Waals surface area contributed by atoms with Gasteiger partial charge in [-0.3, -0.25) is 9.36 Å². The van der Waals surface area contributed by atoms with Crippen molar-refractivity contribution in [3.8, 4) is 34.2 Å². The minimum atomic E-state index is -0.107. The normalized spacial score (nSPS) is 10.9. The van der Waals surface area contributed by atoms with E-state index in [-0.39, 0.29) is 5.97 Å². The maximum atomic E-state index is 11.2. The fourth-order valence-corrected chi connectivity index (χ4v) is 4.67. The number of hydrogen-bond acceptors (Lipinski definition) is 4. The molecule has 38 heavy (non-hydrogen) atoms. The van der Waals surface area contributed by atoms with Gasteiger partial charge in [0, 0.05) is 17.5 Å². The predicted octanol–water partition coefficient (Wildman–Crippen LogP) is 8.27. The lowest BCUT2D eigenvalue weighted by molar-refractivity contribution is -0.140. The largest absolute Gasteiger partial charge is 0.469 e. The first-order valence-electron chi connectivity index (χ1n) is 13.8. The first-order valence-corrected chi connectivity index (χ1v) is 13.8. The Kier molecular flexibility index (Phi) is 10.6. The van der Waals surface area contributed by atoms with Gasteiger partial charge in [-0.05, 0) is 25.0 Å². The summed E-state index contributed by atoms with van der Waals surface area (Å²) in [4.78, 5) is 16.2. The van der Waals surface area contributed by atoms with Crippen molar-refractivity contribution >= 4 is 5.97 Å². The molecule has 0 aliphatic carbocycles. The monoisotopic (exact) mass is 510 g/mol. The Hall–Kier alpha value is -3.86. The van der Waals surface area contributed by atoms with Crippen LogP contribution in [0, 0.1) is 0 Å². The van der Waals surface area contributed by atoms with Crippen molar-refractivity contribution in [1.29, 1.82) is 0 Å². The minimum Gasteiger partial charge on any atom is -0.469 e. The van der Waals surface area contributed by atoms with Crippen molar-refractivity contribution in [1.82, 2.24) is 9.55 Å². The van der Waals surface area contributed by atoms with Crippen molar-refractivity contribution in [2.45, 2.75) is 57.8 Å². The molecule has 0 aliphatic rings. The number of methoxy groups -OCH3 is 1. The third kappa shape index (κ3) is 7.58. The van der Waals surface area contributed by atoms with E-state index in [9.17, 15) is 4.79 Å². The van der Waals surface area contributed by atoms with Crippen LogP contribution in [-0.4, -0.2) is 29.2 Å². The number of esters is 1. The van der Waals surface area contributed by atoms with E-state index in [0.717, 1.165) is 53.9 Å². The molecule has 0 N–H and O–H groups in total. The van der Waals surface area contributed by atoms with Gasteiger partial charge in [-0.1, -0.05) is 117 Å². The summed E-state index contributed by atoms with van der Waals surface area (Å²) < 4.78 is 13.2. The smallest absolute Gasteiger partial charge is 0.305 e. The first kappa shape index (κ1) is 27.2. The lowest BCUT2D eigenvalue weighted by atomic mass is 10.0. The number of carbonyl (C=O) groups excluding carboxylic acids is 1. The van der Waals surface area contributed by atoms with E-state index in [1.807, 2.05) is 42.5 Å². The van der Waals surface area contributed by atoms with Gasteiger partial charge in [0.15, 0.2) is 0 Å². The van der Waals surface area contributed by atoms with E-state index in [4.69, 9.17) is 14.5 Å². The third-order valence-corrected chi connectivity index (χ3v) is 6.69. The summed E-state index contributed by atoms with van der Waals surface area (Å²) in [6.45, 7) is 0.630. The topological polar surface area (TPSA) is 53.4 Å². The molecule has 0 saturated heterocycles. The Morgan fingerprint density at radius 2 is 1.21 bits per heavy atom. The SMILES string of the molecule is COC(=O)CCCCCCCCCCOc1nc(-c2ccccc2)c(-c2ccccc2)n1-c1ccccc1. The number of imidazole rings is 1. The van der Waals surface area contributed by atoms with Gasteiger partial charge in [-0.15, -0.1) is 0 Å². The highest BCUT2D eigenvalue weighted by Gasteiger charge is 2.22. The molecule has 5 nitrogen and oxygen atoms in total. The van der Waals surface area contributed by atoms with E-state index in [1.165, 1.54) is 32.8 Å². The summed E-state index contributed by atoms with van der Waals surface area (Å²) in [6, 6.07) is 31.7. The Morgan fingerprint density at radius 3 is 1.82 bits per heavy atom. The zero-order valence-corrected chi connectivity index (χ0v) is 22.4. The van der Waals surface area contributed by atoms with Gasteiger partial charge in [0.05, 0.1) is 25.1 Å². The second-order valence-corrected chi connectivity index (χ2v) is 9.50. The van der Waals surface area contributed by atoms with Crippen LogP contribution in [0.4, 0.5) is 0 Å². The molecule has 3 aromatic carbocycles. The quantitative estimate of drug-likeness (QED) is 0.119. The van der Waals surface area contributed by atoms with Crippen molar-refractivity contribution in [3.63, 3.8) is 0 Å². The number of nitrogens with zero attached hydrogens (tertiary/aromatic N) is 2. The van der Waals surface area contributed by atoms with Crippen LogP contribution in [-0.2, 0) is 9.53 Å². The third-order valence-electron chi connectivity index (χ3n) is 6.69. The van der Waals surface area contributed by atoms with Crippen LogP contribution in [0.1, 0.15) is 57.8 Å². The average molecular weight is 511 g/mol. The van der Waals surface area contributed by atoms with Crippen LogP contribution < -0.4 is 4.74 Å². The van der Waals surface area contributed by atoms with Crippen LogP contribution in [0.15, 0.2) is 91.0 Å². The molecule has 1 aromatic heterocycles. The number of benzene rings is 3. The zero-order chi connectivity index (χ0) is 26.4. The van der Waals surface area contributed by atoms with Crippen LogP contribution in [0.3, 0.4) is 0 Å². The van der Waals surface area contributed by atoms with E-state index in [1.54, 1.807) is 0 Å². The van der Waals surface area contributed by atoms with Crippen molar-refractivity contribution in [2.75, 3.05) is 13.7 Å². The summed E-state index contributed by atoms with van der Waals surface area (Å²) in [6.07, 6.45) is 9.46. The van der Waals surface area contributed by atoms with E-state index >= 15 is 0 Å². The molecule has 1 heterocycles. The molecule has 0 spiro atoms. The molecule has 198 valence electrons. The number of carbonyl (C=O) groups is 1. The highest BCUT2D eigenvalue weighted by molar-refractivity contribution is 5.81. The van der Waals surface area contributed by atoms with Crippen LogP contribution >= 0.6 is 0 Å². The fraction of sp³-hybridized carbons (Fsp3) is 0.333. The van der Waals surface area contributed by atoms with E-state index in [2.05, 4.69) is 53.1 Å². The average Bonchev–Trinajstić information content (AvgIpc) is 3.36. The number of unbranched alkanes of at least 4 members (excludes halogenated alkanes) is 7. The van der Waals surface area contributed by atoms with Gasteiger partial charge in [0.25, 0.3) is 0 Å². The second-order valence-electron chi connectivity index (χ2n) is 9.50. The summed E-state index contributed by atoms with van der Waals surface area (Å²) in [7, 11) is 1.45. The molecule has 5 heteroatoms. The van der Waals surface area contributed by atoms with E-state index in [0.29, 0.717) is 19.0 Å². The number of hydrogen-bond donors (Lipinski definition) is 0. The molecule has 0 bridgehead atoms. The Bertz CT molecular complexity index is 1240. The summed E-state index contributed by atoms with van der Waals surface area (Å²) >= 11 is 0. The van der Waals surface area contributed by atoms with Crippen molar-refractivity contribution < 1.29 is 14.3 Å².